The number of aliphatic hydroxyl groups is 2. The van der Waals surface area contributed by atoms with Crippen LogP contribution in [0.5, 0.6) is 5.75 Å². The fraction of sp³-hybridized carbons (Fsp3) is 0.405. The number of hydrogen-bond acceptors (Lipinski definition) is 5. The molecule has 1 aliphatic heterocycles. The molecule has 0 unspecified atom stereocenters. The van der Waals surface area contributed by atoms with Crippen molar-refractivity contribution in [2.45, 2.75) is 61.4 Å². The average Bonchev–Trinajstić information content (AvgIpc) is 3.27. The molecule has 0 fully saturated rings. The van der Waals surface area contributed by atoms with Gasteiger partial charge in [0.15, 0.2) is 0 Å². The van der Waals surface area contributed by atoms with E-state index >= 15 is 0 Å². The number of benzene rings is 2. The molecule has 0 radical (unpaired) electrons. The first kappa shape index (κ1) is 41.4. The highest BCUT2D eigenvalue weighted by molar-refractivity contribution is 6.49. The second-order valence-electron chi connectivity index (χ2n) is 9.26. The molecule has 1 aliphatic rings. The second-order valence-corrected chi connectivity index (χ2v) is 9.26. The molecule has 0 bridgehead atoms. The Balaban J connectivity index is 0. The van der Waals surface area contributed by atoms with Crippen molar-refractivity contribution in [2.24, 2.45) is 4.99 Å². The number of aliphatic imine (C=N–C) groups is 1. The summed E-state index contributed by atoms with van der Waals surface area (Å²) in [5.74, 6) is 0.845. The molecule has 6 heteroatoms. The first-order chi connectivity index (χ1) is 20.7. The Hall–Kier alpha value is -3.74. The summed E-state index contributed by atoms with van der Waals surface area (Å²) in [5, 5.41) is 16.1. The van der Waals surface area contributed by atoms with Gasteiger partial charge in [-0.3, -0.25) is 4.99 Å². The Morgan fingerprint density at radius 2 is 1.53 bits per heavy atom. The fourth-order valence-electron chi connectivity index (χ4n) is 4.06. The quantitative estimate of drug-likeness (QED) is 0.167. The minimum Gasteiger partial charge on any atom is -0.497 e. The molecule has 1 heterocycles. The van der Waals surface area contributed by atoms with Gasteiger partial charge in [0.2, 0.25) is 11.4 Å². The van der Waals surface area contributed by atoms with Gasteiger partial charge >= 0.3 is 0 Å². The number of likely N-dealkylation sites (N-methyl/N-ethyl adjacent to an activating group) is 1. The number of rotatable bonds is 10. The number of aliphatic hydroxyl groups excluding tert-OH is 2. The maximum absolute atomic E-state index is 9.15. The summed E-state index contributed by atoms with van der Waals surface area (Å²) in [7, 11) is 6.77. The maximum Gasteiger partial charge on any atom is 0.217 e. The summed E-state index contributed by atoms with van der Waals surface area (Å²) in [5.41, 5.74) is 9.10. The standard InChI is InChI=1S/C28H34N3O2.C4H8.2C2H6.CH4O/c1-6-7-8-9-26-27(29-20-22-10-14-24(15-11-22)30(3)18-19-32)21(2)28(31(26)4)23-12-16-25(33-5)17-13-23;1-4(2)3;3*1-2/h6-8,10-17,32H,1,9,18-20H2,2-5H3;1H2,2-3H3;2*1-2H3;2H,1H3/q+1;;;;. The molecule has 0 spiro atoms. The maximum atomic E-state index is 9.15. The normalized spacial score (nSPS) is 12.6. The van der Waals surface area contributed by atoms with Crippen LogP contribution in [0.25, 0.3) is 5.70 Å². The predicted octanol–water partition coefficient (Wildman–Crippen LogP) is 7.97. The Bertz CT molecular complexity index is 1180. The topological polar surface area (TPSA) is 68.3 Å². The Morgan fingerprint density at radius 3 is 2.00 bits per heavy atom. The van der Waals surface area contributed by atoms with Crippen molar-refractivity contribution in [3.63, 3.8) is 0 Å². The van der Waals surface area contributed by atoms with Crippen LogP contribution < -0.4 is 9.64 Å². The first-order valence-corrected chi connectivity index (χ1v) is 15.0. The van der Waals surface area contributed by atoms with Gasteiger partial charge in [-0.15, -0.1) is 6.58 Å². The lowest BCUT2D eigenvalue weighted by Gasteiger charge is -2.17. The van der Waals surface area contributed by atoms with Crippen molar-refractivity contribution in [2.75, 3.05) is 46.4 Å². The van der Waals surface area contributed by atoms with Crippen LogP contribution in [0.2, 0.25) is 0 Å². The van der Waals surface area contributed by atoms with Crippen molar-refractivity contribution in [3.05, 3.63) is 102 Å². The van der Waals surface area contributed by atoms with Crippen molar-refractivity contribution in [1.82, 2.24) is 0 Å². The molecule has 43 heavy (non-hydrogen) atoms. The lowest BCUT2D eigenvalue weighted by Crippen LogP contribution is -2.20. The van der Waals surface area contributed by atoms with Crippen LogP contribution in [0, 0.1) is 0 Å². The zero-order valence-corrected chi connectivity index (χ0v) is 28.7. The smallest absolute Gasteiger partial charge is 0.217 e. The van der Waals surface area contributed by atoms with Gasteiger partial charge in [0.25, 0.3) is 0 Å². The summed E-state index contributed by atoms with van der Waals surface area (Å²) in [6, 6.07) is 16.5. The third-order valence-electron chi connectivity index (χ3n) is 5.90. The van der Waals surface area contributed by atoms with E-state index in [9.17, 15) is 0 Å². The fourth-order valence-corrected chi connectivity index (χ4v) is 4.06. The van der Waals surface area contributed by atoms with Gasteiger partial charge in [0, 0.05) is 32.0 Å². The largest absolute Gasteiger partial charge is 0.497 e. The van der Waals surface area contributed by atoms with Gasteiger partial charge < -0.3 is 19.8 Å². The SMILES string of the molecule is C=C(C)C.C=CC=CCC1=[N+](C)C(c2ccc(OC)cc2)=C(C)C1=NCc1ccc(N(C)CCO)cc1.CC.CC.CO. The van der Waals surface area contributed by atoms with Gasteiger partial charge in [-0.05, 0) is 62.7 Å². The summed E-state index contributed by atoms with van der Waals surface area (Å²) in [6.07, 6.45) is 6.67. The number of nitrogens with zero attached hydrogens (tertiary/aromatic N) is 3. The van der Waals surface area contributed by atoms with Crippen LogP contribution in [0.1, 0.15) is 66.0 Å². The van der Waals surface area contributed by atoms with Gasteiger partial charge in [0.05, 0.1) is 32.3 Å². The number of allylic oxidation sites excluding steroid dienone is 5. The lowest BCUT2D eigenvalue weighted by atomic mass is 10.0. The average molecular weight is 593 g/mol. The zero-order chi connectivity index (χ0) is 33.4. The molecule has 3 rings (SSSR count). The number of anilines is 1. The van der Waals surface area contributed by atoms with Crippen molar-refractivity contribution >= 4 is 22.8 Å². The molecule has 238 valence electrons. The molecule has 2 N–H and O–H groups in total. The minimum absolute atomic E-state index is 0.139. The van der Waals surface area contributed by atoms with Gasteiger partial charge in [0.1, 0.15) is 18.5 Å². The van der Waals surface area contributed by atoms with Crippen molar-refractivity contribution in [3.8, 4) is 5.75 Å². The highest BCUT2D eigenvalue weighted by atomic mass is 16.5. The second kappa shape index (κ2) is 24.8. The van der Waals surface area contributed by atoms with Crippen LogP contribution in [0.4, 0.5) is 5.69 Å². The van der Waals surface area contributed by atoms with Crippen LogP contribution in [0.3, 0.4) is 0 Å². The van der Waals surface area contributed by atoms with E-state index in [-0.39, 0.29) is 6.61 Å². The molecule has 0 saturated carbocycles. The molecule has 6 nitrogen and oxygen atoms in total. The van der Waals surface area contributed by atoms with Crippen LogP contribution in [-0.4, -0.2) is 67.7 Å². The minimum atomic E-state index is 0.139. The van der Waals surface area contributed by atoms with Gasteiger partial charge in [-0.2, -0.15) is 4.58 Å². The van der Waals surface area contributed by atoms with Gasteiger partial charge in [-0.25, -0.2) is 0 Å². The molecule has 2 aromatic carbocycles. The van der Waals surface area contributed by atoms with E-state index in [0.717, 1.165) is 41.8 Å². The zero-order valence-electron chi connectivity index (χ0n) is 28.7. The molecule has 0 atom stereocenters. The van der Waals surface area contributed by atoms with Crippen LogP contribution in [0.15, 0.2) is 96.1 Å². The highest BCUT2D eigenvalue weighted by Gasteiger charge is 2.34. The predicted molar refractivity (Wildman–Crippen MR) is 190 cm³/mol. The van der Waals surface area contributed by atoms with Crippen LogP contribution in [-0.2, 0) is 6.54 Å². The summed E-state index contributed by atoms with van der Waals surface area (Å²) in [6.45, 7) is 22.8. The van der Waals surface area contributed by atoms with E-state index < -0.39 is 0 Å². The first-order valence-electron chi connectivity index (χ1n) is 15.0. The molecule has 0 amide bonds. The number of methoxy groups -OCH3 is 1. The molecule has 0 saturated heterocycles. The van der Waals surface area contributed by atoms with E-state index in [1.165, 1.54) is 22.6 Å². The van der Waals surface area contributed by atoms with E-state index in [1.54, 1.807) is 13.2 Å². The summed E-state index contributed by atoms with van der Waals surface area (Å²) >= 11 is 0. The number of hydrogen-bond donors (Lipinski definition) is 2. The Morgan fingerprint density at radius 1 is 1.00 bits per heavy atom. The third-order valence-corrected chi connectivity index (χ3v) is 5.90. The molecular weight excluding hydrogens is 534 g/mol. The van der Waals surface area contributed by atoms with Crippen LogP contribution >= 0.6 is 0 Å². The molecule has 2 aromatic rings. The van der Waals surface area contributed by atoms with Crippen molar-refractivity contribution in [1.29, 1.82) is 0 Å². The summed E-state index contributed by atoms with van der Waals surface area (Å²) in [4.78, 5) is 7.08. The third kappa shape index (κ3) is 14.3. The highest BCUT2D eigenvalue weighted by Crippen LogP contribution is 2.29. The Kier molecular flexibility index (Phi) is 23.9. The Labute approximate surface area is 262 Å². The van der Waals surface area contributed by atoms with E-state index in [1.807, 2.05) is 71.7 Å². The molecular formula is C37H58N3O3+. The van der Waals surface area contributed by atoms with E-state index in [2.05, 4.69) is 74.2 Å². The molecule has 0 aromatic heterocycles. The van der Waals surface area contributed by atoms with Crippen molar-refractivity contribution < 1.29 is 19.5 Å². The monoisotopic (exact) mass is 592 g/mol. The lowest BCUT2D eigenvalue weighted by molar-refractivity contribution is -0.393. The number of ether oxygens (including phenoxy) is 1. The summed E-state index contributed by atoms with van der Waals surface area (Å²) < 4.78 is 7.57. The van der Waals surface area contributed by atoms with E-state index in [4.69, 9.17) is 19.9 Å². The van der Waals surface area contributed by atoms with Gasteiger partial charge in [-0.1, -0.05) is 70.2 Å². The molecule has 0 aliphatic carbocycles. The van der Waals surface area contributed by atoms with E-state index in [0.29, 0.717) is 13.1 Å².